The van der Waals surface area contributed by atoms with Crippen LogP contribution in [0.25, 0.3) is 0 Å². The largest absolute Gasteiger partial charge is 0.477 e. The molecule has 104 valence electrons. The van der Waals surface area contributed by atoms with Gasteiger partial charge in [-0.2, -0.15) is 0 Å². The molecule has 0 aromatic carbocycles. The summed E-state index contributed by atoms with van der Waals surface area (Å²) in [5, 5.41) is 37.5. The van der Waals surface area contributed by atoms with Gasteiger partial charge in [-0.05, 0) is 6.07 Å². The maximum atomic E-state index is 10.9. The zero-order valence-electron chi connectivity index (χ0n) is 9.89. The number of carboxylic acids is 1. The predicted molar refractivity (Wildman–Crippen MR) is 64.2 cm³/mol. The van der Waals surface area contributed by atoms with Crippen molar-refractivity contribution in [3.63, 3.8) is 0 Å². The smallest absolute Gasteiger partial charge is 0.354 e. The number of carbonyl (C=O) groups is 1. The third kappa shape index (κ3) is 3.60. The van der Waals surface area contributed by atoms with Crippen LogP contribution in [0.15, 0.2) is 12.1 Å². The van der Waals surface area contributed by atoms with Crippen LogP contribution in [0.2, 0.25) is 0 Å². The van der Waals surface area contributed by atoms with Gasteiger partial charge in [0, 0.05) is 19.2 Å². The molecule has 0 aliphatic heterocycles. The average Bonchev–Trinajstić information content (AvgIpc) is 2.37. The number of aliphatic hydroxyl groups excluding tert-OH is 2. The van der Waals surface area contributed by atoms with E-state index in [1.165, 1.54) is 4.90 Å². The van der Waals surface area contributed by atoms with Gasteiger partial charge in [-0.1, -0.05) is 0 Å². The topological polar surface area (TPSA) is 137 Å². The van der Waals surface area contributed by atoms with Crippen molar-refractivity contribution >= 4 is 17.5 Å². The lowest BCUT2D eigenvalue weighted by Crippen LogP contribution is -2.31. The molecule has 9 heteroatoms. The summed E-state index contributed by atoms with van der Waals surface area (Å²) in [5.41, 5.74) is -0.728. The number of hydrogen-bond acceptors (Lipinski definition) is 7. The first-order valence-electron chi connectivity index (χ1n) is 5.36. The molecule has 0 aliphatic carbocycles. The standard InChI is InChI=1S/C10H13N3O6/c14-5-3-12(4-6-15)9-8(13(18)19)2-1-7(11-9)10(16)17/h1-2,14-15H,3-6H2,(H,16,17). The quantitative estimate of drug-likeness (QED) is 0.445. The van der Waals surface area contributed by atoms with Gasteiger partial charge in [0.15, 0.2) is 5.69 Å². The van der Waals surface area contributed by atoms with E-state index in [1.807, 2.05) is 0 Å². The van der Waals surface area contributed by atoms with Crippen molar-refractivity contribution in [2.45, 2.75) is 0 Å². The van der Waals surface area contributed by atoms with E-state index in [2.05, 4.69) is 4.98 Å². The SMILES string of the molecule is O=C(O)c1ccc([N+](=O)[O-])c(N(CCO)CCO)n1. The third-order valence-corrected chi connectivity index (χ3v) is 2.31. The van der Waals surface area contributed by atoms with Gasteiger partial charge < -0.3 is 20.2 Å². The number of nitro groups is 1. The molecule has 1 rings (SSSR count). The minimum Gasteiger partial charge on any atom is -0.477 e. The van der Waals surface area contributed by atoms with Crippen LogP contribution in [0.5, 0.6) is 0 Å². The molecule has 0 bridgehead atoms. The van der Waals surface area contributed by atoms with E-state index < -0.39 is 10.9 Å². The van der Waals surface area contributed by atoms with Gasteiger partial charge in [-0.3, -0.25) is 10.1 Å². The van der Waals surface area contributed by atoms with E-state index in [9.17, 15) is 14.9 Å². The molecule has 0 unspecified atom stereocenters. The van der Waals surface area contributed by atoms with E-state index in [0.717, 1.165) is 12.1 Å². The predicted octanol–water partition coefficient (Wildman–Crippen LogP) is -0.521. The van der Waals surface area contributed by atoms with E-state index in [4.69, 9.17) is 15.3 Å². The van der Waals surface area contributed by atoms with Gasteiger partial charge in [-0.25, -0.2) is 9.78 Å². The van der Waals surface area contributed by atoms with Crippen LogP contribution in [0.3, 0.4) is 0 Å². The number of nitrogens with zero attached hydrogens (tertiary/aromatic N) is 3. The molecule has 19 heavy (non-hydrogen) atoms. The van der Waals surface area contributed by atoms with Crippen LogP contribution in [0.1, 0.15) is 10.5 Å². The minimum atomic E-state index is -1.32. The Morgan fingerprint density at radius 2 is 1.89 bits per heavy atom. The molecule has 0 amide bonds. The number of anilines is 1. The molecule has 0 spiro atoms. The molecule has 1 aromatic rings. The molecular weight excluding hydrogens is 258 g/mol. The van der Waals surface area contributed by atoms with Crippen LogP contribution in [0, 0.1) is 10.1 Å². The average molecular weight is 271 g/mol. The summed E-state index contributed by atoms with van der Waals surface area (Å²) in [6.45, 7) is -0.624. The number of aromatic nitrogens is 1. The Hall–Kier alpha value is -2.26. The number of aromatic carboxylic acids is 1. The number of carboxylic acid groups (broad SMARTS) is 1. The first kappa shape index (κ1) is 14.8. The summed E-state index contributed by atoms with van der Waals surface area (Å²) in [5.74, 6) is -1.50. The fourth-order valence-electron chi connectivity index (χ4n) is 1.50. The lowest BCUT2D eigenvalue weighted by atomic mass is 10.3. The van der Waals surface area contributed by atoms with Crippen molar-refractivity contribution in [2.24, 2.45) is 0 Å². The molecule has 9 nitrogen and oxygen atoms in total. The molecule has 3 N–H and O–H groups in total. The van der Waals surface area contributed by atoms with Gasteiger partial charge in [0.05, 0.1) is 18.1 Å². The molecule has 1 heterocycles. The van der Waals surface area contributed by atoms with E-state index in [1.54, 1.807) is 0 Å². The molecule has 1 aromatic heterocycles. The number of aliphatic hydroxyl groups is 2. The van der Waals surface area contributed by atoms with Crippen molar-refractivity contribution < 1.29 is 25.0 Å². The Kier molecular flexibility index (Phi) is 5.15. The molecule has 0 fully saturated rings. The molecule has 0 saturated carbocycles. The third-order valence-electron chi connectivity index (χ3n) is 2.31. The highest BCUT2D eigenvalue weighted by Crippen LogP contribution is 2.25. The zero-order chi connectivity index (χ0) is 14.4. The summed E-state index contributed by atoms with van der Waals surface area (Å²) in [4.78, 5) is 26.0. The zero-order valence-corrected chi connectivity index (χ0v) is 9.89. The van der Waals surface area contributed by atoms with Crippen molar-refractivity contribution in [3.8, 4) is 0 Å². The van der Waals surface area contributed by atoms with Gasteiger partial charge in [-0.15, -0.1) is 0 Å². The molecule has 0 radical (unpaired) electrons. The fourth-order valence-corrected chi connectivity index (χ4v) is 1.50. The van der Waals surface area contributed by atoms with Crippen molar-refractivity contribution in [1.29, 1.82) is 0 Å². The summed E-state index contributed by atoms with van der Waals surface area (Å²) >= 11 is 0. The number of hydrogen-bond donors (Lipinski definition) is 3. The minimum absolute atomic E-state index is 0.00251. The Morgan fingerprint density at radius 1 is 1.32 bits per heavy atom. The second-order valence-electron chi connectivity index (χ2n) is 3.54. The van der Waals surface area contributed by atoms with Crippen LogP contribution in [-0.4, -0.2) is 57.5 Å². The summed E-state index contributed by atoms with van der Waals surface area (Å²) < 4.78 is 0. The van der Waals surface area contributed by atoms with E-state index in [0.29, 0.717) is 0 Å². The molecule has 0 atom stereocenters. The first-order valence-corrected chi connectivity index (χ1v) is 5.36. The van der Waals surface area contributed by atoms with Crippen molar-refractivity contribution in [1.82, 2.24) is 4.98 Å². The highest BCUT2D eigenvalue weighted by Gasteiger charge is 2.23. The maximum Gasteiger partial charge on any atom is 0.354 e. The van der Waals surface area contributed by atoms with Gasteiger partial charge in [0.1, 0.15) is 0 Å². The van der Waals surface area contributed by atoms with Crippen LogP contribution >= 0.6 is 0 Å². The summed E-state index contributed by atoms with van der Waals surface area (Å²) in [6.07, 6.45) is 0. The Labute approximate surface area is 107 Å². The fraction of sp³-hybridized carbons (Fsp3) is 0.400. The highest BCUT2D eigenvalue weighted by molar-refractivity contribution is 5.86. The lowest BCUT2D eigenvalue weighted by Gasteiger charge is -2.21. The Morgan fingerprint density at radius 3 is 2.32 bits per heavy atom. The van der Waals surface area contributed by atoms with Gasteiger partial charge >= 0.3 is 11.7 Å². The van der Waals surface area contributed by atoms with E-state index in [-0.39, 0.29) is 43.5 Å². The van der Waals surface area contributed by atoms with Gasteiger partial charge in [0.25, 0.3) is 0 Å². The number of rotatable bonds is 7. The van der Waals surface area contributed by atoms with Crippen LogP contribution in [-0.2, 0) is 0 Å². The normalized spacial score (nSPS) is 10.2. The molecular formula is C10H13N3O6. The highest BCUT2D eigenvalue weighted by atomic mass is 16.6. The first-order chi connectivity index (χ1) is 9.01. The van der Waals surface area contributed by atoms with Gasteiger partial charge in [0.2, 0.25) is 5.82 Å². The second-order valence-corrected chi connectivity index (χ2v) is 3.54. The Balaban J connectivity index is 3.28. The monoisotopic (exact) mass is 271 g/mol. The van der Waals surface area contributed by atoms with Crippen LogP contribution in [0.4, 0.5) is 11.5 Å². The summed E-state index contributed by atoms with van der Waals surface area (Å²) in [7, 11) is 0. The van der Waals surface area contributed by atoms with Crippen molar-refractivity contribution in [3.05, 3.63) is 27.9 Å². The van der Waals surface area contributed by atoms with Crippen molar-refractivity contribution in [2.75, 3.05) is 31.2 Å². The van der Waals surface area contributed by atoms with E-state index >= 15 is 0 Å². The molecule has 0 saturated heterocycles. The van der Waals surface area contributed by atoms with Crippen LogP contribution < -0.4 is 4.90 Å². The molecule has 0 aliphatic rings. The number of pyridine rings is 1. The maximum absolute atomic E-state index is 10.9. The Bertz CT molecular complexity index is 472. The second kappa shape index (κ2) is 6.61. The lowest BCUT2D eigenvalue weighted by molar-refractivity contribution is -0.384. The summed E-state index contributed by atoms with van der Waals surface area (Å²) in [6, 6.07) is 2.06.